The molecule has 10 heteroatoms. The highest BCUT2D eigenvalue weighted by atomic mass is 16.7. The van der Waals surface area contributed by atoms with Crippen molar-refractivity contribution < 1.29 is 49.0 Å². The summed E-state index contributed by atoms with van der Waals surface area (Å²) in [6.07, 6.45) is 40.9. The van der Waals surface area contributed by atoms with Crippen molar-refractivity contribution in [1.82, 2.24) is 0 Å². The number of rotatable bonds is 38. The predicted octanol–water partition coefficient (Wildman–Crippen LogP) is 10.2. The average molecular weight is 833 g/mol. The van der Waals surface area contributed by atoms with Crippen LogP contribution in [0, 0.1) is 0 Å². The molecule has 0 radical (unpaired) electrons. The van der Waals surface area contributed by atoms with Crippen molar-refractivity contribution in [2.45, 2.75) is 218 Å². The molecule has 0 spiro atoms. The molecule has 0 aromatic carbocycles. The summed E-state index contributed by atoms with van der Waals surface area (Å²) in [5.74, 6) is -0.885. The third-order valence-electron chi connectivity index (χ3n) is 10.4. The normalized spacial score (nSPS) is 20.5. The van der Waals surface area contributed by atoms with Gasteiger partial charge in [0.25, 0.3) is 0 Å². The summed E-state index contributed by atoms with van der Waals surface area (Å²) in [6, 6.07) is 0. The van der Waals surface area contributed by atoms with Crippen LogP contribution in [-0.4, -0.2) is 89.0 Å². The van der Waals surface area contributed by atoms with Crippen LogP contribution in [0.5, 0.6) is 0 Å². The van der Waals surface area contributed by atoms with E-state index in [0.29, 0.717) is 19.3 Å². The van der Waals surface area contributed by atoms with E-state index in [1.807, 2.05) is 6.08 Å². The minimum absolute atomic E-state index is 0.151. The van der Waals surface area contributed by atoms with Crippen LogP contribution in [0.1, 0.15) is 181 Å². The second kappa shape index (κ2) is 39.5. The minimum Gasteiger partial charge on any atom is -0.462 e. The lowest BCUT2D eigenvalue weighted by Gasteiger charge is -2.39. The predicted molar refractivity (Wildman–Crippen MR) is 238 cm³/mol. The quantitative estimate of drug-likeness (QED) is 0.0269. The van der Waals surface area contributed by atoms with Crippen LogP contribution >= 0.6 is 0 Å². The summed E-state index contributed by atoms with van der Waals surface area (Å²) in [4.78, 5) is 25.3. The van der Waals surface area contributed by atoms with Crippen LogP contribution in [0.25, 0.3) is 0 Å². The van der Waals surface area contributed by atoms with Gasteiger partial charge in [0.1, 0.15) is 31.0 Å². The van der Waals surface area contributed by atoms with Crippen molar-refractivity contribution in [2.75, 3.05) is 19.8 Å². The smallest absolute Gasteiger partial charge is 0.306 e. The first kappa shape index (κ1) is 54.4. The van der Waals surface area contributed by atoms with E-state index in [0.717, 1.165) is 57.8 Å². The molecule has 340 valence electrons. The van der Waals surface area contributed by atoms with Crippen molar-refractivity contribution in [3.05, 3.63) is 60.8 Å². The second-order valence-electron chi connectivity index (χ2n) is 15.8. The molecule has 10 nitrogen and oxygen atoms in total. The van der Waals surface area contributed by atoms with Gasteiger partial charge in [0.15, 0.2) is 12.4 Å². The molecule has 0 bridgehead atoms. The van der Waals surface area contributed by atoms with E-state index in [1.165, 1.54) is 77.0 Å². The number of unbranched alkanes of at least 4 members (excludes halogenated alkanes) is 17. The zero-order valence-corrected chi connectivity index (χ0v) is 37.0. The number of ether oxygens (including phenoxy) is 4. The molecule has 0 saturated carbocycles. The van der Waals surface area contributed by atoms with Gasteiger partial charge in [0.05, 0.1) is 13.2 Å². The highest BCUT2D eigenvalue weighted by Gasteiger charge is 2.44. The molecular formula is C49H84O10. The first-order valence-electron chi connectivity index (χ1n) is 23.4. The fraction of sp³-hybridized carbons (Fsp3) is 0.755. The Morgan fingerprint density at radius 2 is 0.966 bits per heavy atom. The third kappa shape index (κ3) is 31.0. The maximum absolute atomic E-state index is 12.8. The van der Waals surface area contributed by atoms with Crippen molar-refractivity contribution >= 4 is 11.9 Å². The number of aliphatic hydroxyl groups excluding tert-OH is 4. The fourth-order valence-corrected chi connectivity index (χ4v) is 6.65. The Hall–Kier alpha value is -2.60. The van der Waals surface area contributed by atoms with Crippen molar-refractivity contribution in [3.63, 3.8) is 0 Å². The van der Waals surface area contributed by atoms with Gasteiger partial charge in [0.2, 0.25) is 0 Å². The molecule has 0 aromatic rings. The SMILES string of the molecule is CCCCCC/C=C/CCCCCCCC(=O)OC[C@H](CO[C@@H]1O[C@H](CO)[C@H](O)C(O)C1O)OC(=O)CCC/C=C/C/C=C/C/C=C/C/C=C/CCCCCCCCC. The molecule has 1 rings (SSSR count). The lowest BCUT2D eigenvalue weighted by molar-refractivity contribution is -0.305. The Balaban J connectivity index is 2.37. The first-order chi connectivity index (χ1) is 28.8. The largest absolute Gasteiger partial charge is 0.462 e. The number of esters is 2. The molecule has 2 unspecified atom stereocenters. The highest BCUT2D eigenvalue weighted by Crippen LogP contribution is 2.22. The van der Waals surface area contributed by atoms with Crippen LogP contribution < -0.4 is 0 Å². The van der Waals surface area contributed by atoms with E-state index in [1.54, 1.807) is 0 Å². The summed E-state index contributed by atoms with van der Waals surface area (Å²) < 4.78 is 22.1. The van der Waals surface area contributed by atoms with E-state index < -0.39 is 55.4 Å². The van der Waals surface area contributed by atoms with Gasteiger partial charge < -0.3 is 39.4 Å². The summed E-state index contributed by atoms with van der Waals surface area (Å²) in [5.41, 5.74) is 0. The van der Waals surface area contributed by atoms with Crippen LogP contribution in [0.3, 0.4) is 0 Å². The Kier molecular flexibility index (Phi) is 36.5. The molecule has 0 aliphatic carbocycles. The summed E-state index contributed by atoms with van der Waals surface area (Å²) >= 11 is 0. The van der Waals surface area contributed by atoms with E-state index in [9.17, 15) is 30.0 Å². The topological polar surface area (TPSA) is 152 Å². The van der Waals surface area contributed by atoms with Crippen LogP contribution in [0.4, 0.5) is 0 Å². The second-order valence-corrected chi connectivity index (χ2v) is 15.8. The molecule has 1 heterocycles. The molecule has 1 saturated heterocycles. The number of carbonyl (C=O) groups excluding carboxylic acids is 2. The van der Waals surface area contributed by atoms with Crippen molar-refractivity contribution in [3.8, 4) is 0 Å². The number of aliphatic hydroxyl groups is 4. The molecule has 0 aromatic heterocycles. The number of hydrogen-bond donors (Lipinski definition) is 4. The lowest BCUT2D eigenvalue weighted by Crippen LogP contribution is -2.59. The number of hydrogen-bond acceptors (Lipinski definition) is 10. The van der Waals surface area contributed by atoms with Gasteiger partial charge >= 0.3 is 11.9 Å². The zero-order chi connectivity index (χ0) is 43.0. The Morgan fingerprint density at radius 1 is 0.525 bits per heavy atom. The standard InChI is InChI=1S/C49H84O10/c1-3-5-7-9-11-13-15-17-18-19-20-21-22-23-24-26-28-30-32-34-36-38-45(52)58-42(41-57-49-48(55)47(54)46(53)43(39-50)59-49)40-56-44(51)37-35-33-31-29-27-25-16-14-12-10-8-6-4-2/h14,16,18-19,21-22,24,26,30,32,42-43,46-50,53-55H,3-13,15,17,20,23,25,27-29,31,33-41H2,1-2H3/b16-14+,19-18+,22-21+,26-24+,32-30+/t42-,43-,46+,47?,48?,49-/m1/s1. The summed E-state index contributed by atoms with van der Waals surface area (Å²) in [6.45, 7) is 3.33. The zero-order valence-electron chi connectivity index (χ0n) is 37.0. The van der Waals surface area contributed by atoms with Crippen LogP contribution in [0.15, 0.2) is 60.8 Å². The van der Waals surface area contributed by atoms with Gasteiger partial charge in [-0.3, -0.25) is 9.59 Å². The maximum Gasteiger partial charge on any atom is 0.306 e. The fourth-order valence-electron chi connectivity index (χ4n) is 6.65. The van der Waals surface area contributed by atoms with Gasteiger partial charge in [-0.25, -0.2) is 0 Å². The van der Waals surface area contributed by atoms with Crippen LogP contribution in [0.2, 0.25) is 0 Å². The van der Waals surface area contributed by atoms with Gasteiger partial charge in [-0.05, 0) is 77.0 Å². The number of allylic oxidation sites excluding steroid dienone is 10. The Bertz CT molecular complexity index is 1150. The van der Waals surface area contributed by atoms with E-state index in [4.69, 9.17) is 18.9 Å². The van der Waals surface area contributed by atoms with E-state index >= 15 is 0 Å². The van der Waals surface area contributed by atoms with E-state index in [-0.39, 0.29) is 26.1 Å². The summed E-state index contributed by atoms with van der Waals surface area (Å²) in [5, 5.41) is 40.1. The molecule has 6 atom stereocenters. The molecule has 1 aliphatic heterocycles. The van der Waals surface area contributed by atoms with Crippen molar-refractivity contribution in [2.24, 2.45) is 0 Å². The third-order valence-corrected chi connectivity index (χ3v) is 10.4. The Morgan fingerprint density at radius 3 is 1.51 bits per heavy atom. The first-order valence-corrected chi connectivity index (χ1v) is 23.4. The molecule has 1 aliphatic rings. The molecule has 59 heavy (non-hydrogen) atoms. The molecule has 4 N–H and O–H groups in total. The van der Waals surface area contributed by atoms with Crippen molar-refractivity contribution in [1.29, 1.82) is 0 Å². The van der Waals surface area contributed by atoms with Gasteiger partial charge in [-0.2, -0.15) is 0 Å². The maximum atomic E-state index is 12.8. The van der Waals surface area contributed by atoms with E-state index in [2.05, 4.69) is 68.5 Å². The average Bonchev–Trinajstić information content (AvgIpc) is 3.23. The minimum atomic E-state index is -1.61. The van der Waals surface area contributed by atoms with Gasteiger partial charge in [0, 0.05) is 12.8 Å². The lowest BCUT2D eigenvalue weighted by atomic mass is 9.99. The molecular weight excluding hydrogens is 749 g/mol. The van der Waals surface area contributed by atoms with Crippen LogP contribution in [-0.2, 0) is 28.5 Å². The molecule has 0 amide bonds. The monoisotopic (exact) mass is 833 g/mol. The molecule has 1 fully saturated rings. The van der Waals surface area contributed by atoms with Gasteiger partial charge in [-0.15, -0.1) is 0 Å². The van der Waals surface area contributed by atoms with Gasteiger partial charge in [-0.1, -0.05) is 152 Å². The highest BCUT2D eigenvalue weighted by molar-refractivity contribution is 5.70. The number of carbonyl (C=O) groups is 2. The summed E-state index contributed by atoms with van der Waals surface area (Å²) in [7, 11) is 0. The Labute approximate surface area is 358 Å².